The Morgan fingerprint density at radius 1 is 1.10 bits per heavy atom. The van der Waals surface area contributed by atoms with Gasteiger partial charge in [0.1, 0.15) is 5.71 Å². The zero-order valence-corrected chi connectivity index (χ0v) is 12.3. The summed E-state index contributed by atoms with van der Waals surface area (Å²) in [7, 11) is 0. The Hall–Kier alpha value is -1.94. The number of hydrogen-bond donors (Lipinski definition) is 1. The van der Waals surface area contributed by atoms with E-state index in [0.29, 0.717) is 17.8 Å². The van der Waals surface area contributed by atoms with Crippen LogP contribution in [0.25, 0.3) is 0 Å². The van der Waals surface area contributed by atoms with E-state index >= 15 is 0 Å². The number of nitrogens with one attached hydrogen (secondary N) is 1. The highest BCUT2D eigenvalue weighted by atomic mass is 79.9. The van der Waals surface area contributed by atoms with Crippen LogP contribution in [0.3, 0.4) is 0 Å². The molecule has 1 aliphatic rings. The molecule has 0 fully saturated rings. The van der Waals surface area contributed by atoms with Gasteiger partial charge in [0.05, 0.1) is 5.92 Å². The quantitative estimate of drug-likeness (QED) is 0.877. The highest BCUT2D eigenvalue weighted by molar-refractivity contribution is 9.10. The van der Waals surface area contributed by atoms with Crippen molar-refractivity contribution in [3.05, 3.63) is 70.2 Å². The predicted octanol–water partition coefficient (Wildman–Crippen LogP) is 3.37. The smallest absolute Gasteiger partial charge is 0.209 e. The fourth-order valence-electron chi connectivity index (χ4n) is 2.32. The van der Waals surface area contributed by atoms with Crippen molar-refractivity contribution in [3.8, 4) is 0 Å². The SMILES string of the molecule is O=C(C1=NNCC1c1ccccc1)c1ccc(Br)cc1. The normalized spacial score (nSPS) is 17.4. The number of rotatable bonds is 3. The molecule has 20 heavy (non-hydrogen) atoms. The van der Waals surface area contributed by atoms with Gasteiger partial charge in [-0.25, -0.2) is 0 Å². The summed E-state index contributed by atoms with van der Waals surface area (Å²) in [6, 6.07) is 17.4. The summed E-state index contributed by atoms with van der Waals surface area (Å²) in [6.45, 7) is 0.668. The molecule has 0 amide bonds. The minimum atomic E-state index is -0.0173. The summed E-state index contributed by atoms with van der Waals surface area (Å²) in [5, 5.41) is 4.20. The molecule has 3 rings (SSSR count). The Morgan fingerprint density at radius 2 is 1.80 bits per heavy atom. The lowest BCUT2D eigenvalue weighted by Crippen LogP contribution is -2.21. The third-order valence-corrected chi connectivity index (χ3v) is 3.89. The van der Waals surface area contributed by atoms with Gasteiger partial charge in [-0.2, -0.15) is 5.10 Å². The van der Waals surface area contributed by atoms with E-state index in [1.807, 2.05) is 54.6 Å². The van der Waals surface area contributed by atoms with Crippen molar-refractivity contribution >= 4 is 27.4 Å². The van der Waals surface area contributed by atoms with E-state index in [1.165, 1.54) is 0 Å². The largest absolute Gasteiger partial charge is 0.309 e. The fraction of sp³-hybridized carbons (Fsp3) is 0.125. The van der Waals surface area contributed by atoms with Gasteiger partial charge in [-0.3, -0.25) is 4.79 Å². The van der Waals surface area contributed by atoms with Crippen LogP contribution in [0.15, 0.2) is 64.2 Å². The number of nitrogens with zero attached hydrogens (tertiary/aromatic N) is 1. The van der Waals surface area contributed by atoms with E-state index in [1.54, 1.807) is 0 Å². The molecule has 100 valence electrons. The maximum Gasteiger partial charge on any atom is 0.209 e. The lowest BCUT2D eigenvalue weighted by atomic mass is 9.90. The van der Waals surface area contributed by atoms with Crippen LogP contribution in [0.2, 0.25) is 0 Å². The molecule has 2 aromatic rings. The maximum atomic E-state index is 12.6. The molecule has 0 radical (unpaired) electrons. The number of hydrazone groups is 1. The van der Waals surface area contributed by atoms with Crippen LogP contribution in [0.4, 0.5) is 0 Å². The maximum absolute atomic E-state index is 12.6. The summed E-state index contributed by atoms with van der Waals surface area (Å²) < 4.78 is 0.958. The lowest BCUT2D eigenvalue weighted by molar-refractivity contribution is 0.106. The molecule has 0 saturated heterocycles. The molecule has 1 heterocycles. The standard InChI is InChI=1S/C16H13BrN2O/c17-13-8-6-12(7-9-13)16(20)15-14(10-18-19-15)11-4-2-1-3-5-11/h1-9,14,18H,10H2. The Morgan fingerprint density at radius 3 is 2.50 bits per heavy atom. The molecule has 0 saturated carbocycles. The Kier molecular flexibility index (Phi) is 3.65. The molecule has 1 unspecified atom stereocenters. The molecule has 0 spiro atoms. The van der Waals surface area contributed by atoms with Crippen LogP contribution < -0.4 is 5.43 Å². The highest BCUT2D eigenvalue weighted by Gasteiger charge is 2.29. The number of halogens is 1. The molecular formula is C16H13BrN2O. The third-order valence-electron chi connectivity index (χ3n) is 3.37. The fourth-order valence-corrected chi connectivity index (χ4v) is 2.58. The zero-order valence-electron chi connectivity index (χ0n) is 10.7. The summed E-state index contributed by atoms with van der Waals surface area (Å²) in [4.78, 5) is 12.6. The average Bonchev–Trinajstić information content (AvgIpc) is 2.97. The van der Waals surface area contributed by atoms with Gasteiger partial charge in [-0.05, 0) is 29.8 Å². The van der Waals surface area contributed by atoms with Gasteiger partial charge in [0, 0.05) is 16.6 Å². The number of carbonyl (C=O) groups is 1. The van der Waals surface area contributed by atoms with Gasteiger partial charge >= 0.3 is 0 Å². The van der Waals surface area contributed by atoms with Crippen LogP contribution in [-0.4, -0.2) is 18.0 Å². The minimum absolute atomic E-state index is 0.0173. The van der Waals surface area contributed by atoms with Crippen molar-refractivity contribution in [2.45, 2.75) is 5.92 Å². The predicted molar refractivity (Wildman–Crippen MR) is 83.1 cm³/mol. The second-order valence-electron chi connectivity index (χ2n) is 4.66. The number of carbonyl (C=O) groups excluding carboxylic acids is 1. The van der Waals surface area contributed by atoms with Crippen LogP contribution in [-0.2, 0) is 0 Å². The monoisotopic (exact) mass is 328 g/mol. The van der Waals surface area contributed by atoms with Gasteiger partial charge in [0.2, 0.25) is 5.78 Å². The van der Waals surface area contributed by atoms with Gasteiger partial charge in [-0.1, -0.05) is 46.3 Å². The minimum Gasteiger partial charge on any atom is -0.309 e. The topological polar surface area (TPSA) is 41.5 Å². The van der Waals surface area contributed by atoms with Crippen LogP contribution in [0.1, 0.15) is 21.8 Å². The van der Waals surface area contributed by atoms with Gasteiger partial charge in [-0.15, -0.1) is 0 Å². The van der Waals surface area contributed by atoms with E-state index in [0.717, 1.165) is 10.0 Å². The Balaban J connectivity index is 1.89. The number of Topliss-reactive ketones (excluding diaryl/α,β-unsaturated/α-hetero) is 1. The average molecular weight is 329 g/mol. The van der Waals surface area contributed by atoms with E-state index in [9.17, 15) is 4.79 Å². The molecule has 1 N–H and O–H groups in total. The lowest BCUT2D eigenvalue weighted by Gasteiger charge is -2.11. The van der Waals surface area contributed by atoms with E-state index in [4.69, 9.17) is 0 Å². The van der Waals surface area contributed by atoms with E-state index in [-0.39, 0.29) is 11.7 Å². The van der Waals surface area contributed by atoms with Crippen molar-refractivity contribution in [1.82, 2.24) is 5.43 Å². The van der Waals surface area contributed by atoms with Crippen LogP contribution >= 0.6 is 15.9 Å². The van der Waals surface area contributed by atoms with Crippen molar-refractivity contribution in [2.24, 2.45) is 5.10 Å². The van der Waals surface area contributed by atoms with Gasteiger partial charge < -0.3 is 5.43 Å². The zero-order chi connectivity index (χ0) is 13.9. The van der Waals surface area contributed by atoms with Gasteiger partial charge in [0.15, 0.2) is 0 Å². The molecule has 0 aliphatic carbocycles. The van der Waals surface area contributed by atoms with Crippen molar-refractivity contribution in [3.63, 3.8) is 0 Å². The highest BCUT2D eigenvalue weighted by Crippen LogP contribution is 2.23. The van der Waals surface area contributed by atoms with Crippen LogP contribution in [0, 0.1) is 0 Å². The third kappa shape index (κ3) is 2.51. The first-order chi connectivity index (χ1) is 9.75. The number of benzene rings is 2. The Bertz CT molecular complexity index is 650. The van der Waals surface area contributed by atoms with E-state index < -0.39 is 0 Å². The number of hydrogen-bond acceptors (Lipinski definition) is 3. The summed E-state index contributed by atoms with van der Waals surface area (Å²) in [5.74, 6) is 0.00343. The van der Waals surface area contributed by atoms with Crippen molar-refractivity contribution in [1.29, 1.82) is 0 Å². The molecule has 1 aliphatic heterocycles. The van der Waals surface area contributed by atoms with E-state index in [2.05, 4.69) is 26.5 Å². The molecule has 0 aromatic heterocycles. The summed E-state index contributed by atoms with van der Waals surface area (Å²) in [5.41, 5.74) is 5.30. The van der Waals surface area contributed by atoms with Crippen LogP contribution in [0.5, 0.6) is 0 Å². The molecule has 3 nitrogen and oxygen atoms in total. The first-order valence-electron chi connectivity index (χ1n) is 6.41. The second kappa shape index (κ2) is 5.59. The number of ketones is 1. The first kappa shape index (κ1) is 13.1. The second-order valence-corrected chi connectivity index (χ2v) is 5.57. The van der Waals surface area contributed by atoms with Gasteiger partial charge in [0.25, 0.3) is 0 Å². The first-order valence-corrected chi connectivity index (χ1v) is 7.20. The molecule has 1 atom stereocenters. The molecule has 2 aromatic carbocycles. The Labute approximate surface area is 125 Å². The molecular weight excluding hydrogens is 316 g/mol. The molecule has 4 heteroatoms. The van der Waals surface area contributed by atoms with Crippen molar-refractivity contribution < 1.29 is 4.79 Å². The van der Waals surface area contributed by atoms with Crippen molar-refractivity contribution in [2.75, 3.05) is 6.54 Å². The summed E-state index contributed by atoms with van der Waals surface area (Å²) >= 11 is 3.37. The summed E-state index contributed by atoms with van der Waals surface area (Å²) in [6.07, 6.45) is 0. The molecule has 0 bridgehead atoms.